The van der Waals surface area contributed by atoms with Crippen LogP contribution in [-0.2, 0) is 4.84 Å². The maximum atomic E-state index is 5.36. The Bertz CT molecular complexity index is 974. The predicted molar refractivity (Wildman–Crippen MR) is 110 cm³/mol. The lowest BCUT2D eigenvalue weighted by molar-refractivity contribution is 0.114. The minimum absolute atomic E-state index is 0.129. The number of aryl methyl sites for hydroxylation is 1. The van der Waals surface area contributed by atoms with E-state index in [4.69, 9.17) is 9.83 Å². The summed E-state index contributed by atoms with van der Waals surface area (Å²) in [7, 11) is 1.64. The SMILES string of the molecule is CONC1=C(c2ccccc2)C(c2ccccc2)=NC1c1ccc(C)cc1. The third-order valence-electron chi connectivity index (χ3n) is 4.75. The molecule has 134 valence electrons. The Morgan fingerprint density at radius 3 is 1.96 bits per heavy atom. The summed E-state index contributed by atoms with van der Waals surface area (Å²) in [5.74, 6) is 0. The molecule has 1 N–H and O–H groups in total. The number of benzene rings is 3. The van der Waals surface area contributed by atoms with Crippen LogP contribution in [-0.4, -0.2) is 12.8 Å². The first-order valence-electron chi connectivity index (χ1n) is 9.06. The van der Waals surface area contributed by atoms with Gasteiger partial charge in [0, 0.05) is 11.1 Å². The standard InChI is InChI=1S/C24H22N2O/c1-17-13-15-20(16-14-17)23-24(26-27-2)21(18-9-5-3-6-10-18)22(25-23)19-11-7-4-8-12-19/h3-16,23,26H,1-2H3. The second-order valence-electron chi connectivity index (χ2n) is 6.62. The fourth-order valence-corrected chi connectivity index (χ4v) is 3.44. The molecule has 0 fully saturated rings. The van der Waals surface area contributed by atoms with Crippen molar-refractivity contribution in [2.24, 2.45) is 4.99 Å². The summed E-state index contributed by atoms with van der Waals surface area (Å²) in [5, 5.41) is 0. The van der Waals surface area contributed by atoms with Crippen LogP contribution in [0.15, 0.2) is 95.6 Å². The zero-order chi connectivity index (χ0) is 18.6. The molecule has 1 aliphatic heterocycles. The van der Waals surface area contributed by atoms with E-state index >= 15 is 0 Å². The fraction of sp³-hybridized carbons (Fsp3) is 0.125. The molecule has 0 radical (unpaired) electrons. The van der Waals surface area contributed by atoms with E-state index < -0.39 is 0 Å². The molecule has 0 aromatic heterocycles. The average molecular weight is 354 g/mol. The van der Waals surface area contributed by atoms with Crippen molar-refractivity contribution in [1.29, 1.82) is 0 Å². The van der Waals surface area contributed by atoms with Gasteiger partial charge in [-0.1, -0.05) is 90.5 Å². The molecule has 0 spiro atoms. The Morgan fingerprint density at radius 2 is 1.37 bits per heavy atom. The van der Waals surface area contributed by atoms with Gasteiger partial charge in [0.15, 0.2) is 0 Å². The van der Waals surface area contributed by atoms with Crippen molar-refractivity contribution in [3.63, 3.8) is 0 Å². The van der Waals surface area contributed by atoms with Gasteiger partial charge in [-0.25, -0.2) is 0 Å². The molecule has 0 amide bonds. The van der Waals surface area contributed by atoms with E-state index in [0.717, 1.165) is 33.7 Å². The first-order valence-corrected chi connectivity index (χ1v) is 9.06. The highest BCUT2D eigenvalue weighted by Gasteiger charge is 2.31. The van der Waals surface area contributed by atoms with Gasteiger partial charge >= 0.3 is 0 Å². The van der Waals surface area contributed by atoms with Gasteiger partial charge in [-0.2, -0.15) is 0 Å². The number of aliphatic imine (C=N–C) groups is 1. The topological polar surface area (TPSA) is 33.6 Å². The van der Waals surface area contributed by atoms with Crippen LogP contribution in [0.2, 0.25) is 0 Å². The van der Waals surface area contributed by atoms with Crippen LogP contribution in [0, 0.1) is 6.92 Å². The van der Waals surface area contributed by atoms with Gasteiger partial charge in [0.05, 0.1) is 18.5 Å². The number of hydroxylamine groups is 1. The zero-order valence-corrected chi connectivity index (χ0v) is 15.5. The highest BCUT2D eigenvalue weighted by atomic mass is 16.6. The normalized spacial score (nSPS) is 16.4. The second-order valence-corrected chi connectivity index (χ2v) is 6.62. The Labute approximate surface area is 160 Å². The highest BCUT2D eigenvalue weighted by Crippen LogP contribution is 2.39. The Balaban J connectivity index is 1.92. The molecule has 1 atom stereocenters. The molecule has 0 bridgehead atoms. The van der Waals surface area contributed by atoms with Crippen LogP contribution < -0.4 is 5.48 Å². The molecule has 1 aliphatic rings. The summed E-state index contributed by atoms with van der Waals surface area (Å²) in [6, 6.07) is 29.1. The summed E-state index contributed by atoms with van der Waals surface area (Å²) in [6.07, 6.45) is 0. The number of rotatable bonds is 5. The maximum Gasteiger partial charge on any atom is 0.118 e. The van der Waals surface area contributed by atoms with Gasteiger partial charge in [-0.3, -0.25) is 15.3 Å². The summed E-state index contributed by atoms with van der Waals surface area (Å²) in [4.78, 5) is 10.5. The van der Waals surface area contributed by atoms with E-state index in [2.05, 4.69) is 73.1 Å². The summed E-state index contributed by atoms with van der Waals surface area (Å²) >= 11 is 0. The number of nitrogens with zero attached hydrogens (tertiary/aromatic N) is 1. The first kappa shape index (κ1) is 17.3. The van der Waals surface area contributed by atoms with Crippen molar-refractivity contribution in [3.05, 3.63) is 113 Å². The third kappa shape index (κ3) is 3.42. The molecular formula is C24H22N2O. The average Bonchev–Trinajstić information content (AvgIpc) is 3.09. The molecule has 4 rings (SSSR count). The van der Waals surface area contributed by atoms with Gasteiger partial charge in [0.25, 0.3) is 0 Å². The van der Waals surface area contributed by atoms with E-state index in [1.165, 1.54) is 5.56 Å². The van der Waals surface area contributed by atoms with Crippen molar-refractivity contribution >= 4 is 11.3 Å². The lowest BCUT2D eigenvalue weighted by atomic mass is 9.94. The van der Waals surface area contributed by atoms with Crippen molar-refractivity contribution in [3.8, 4) is 0 Å². The highest BCUT2D eigenvalue weighted by molar-refractivity contribution is 6.34. The third-order valence-corrected chi connectivity index (χ3v) is 4.75. The van der Waals surface area contributed by atoms with Crippen LogP contribution in [0.25, 0.3) is 5.57 Å². The van der Waals surface area contributed by atoms with E-state index in [-0.39, 0.29) is 6.04 Å². The number of hydrogen-bond donors (Lipinski definition) is 1. The molecule has 0 aliphatic carbocycles. The van der Waals surface area contributed by atoms with Crippen molar-refractivity contribution < 1.29 is 4.84 Å². The predicted octanol–water partition coefficient (Wildman–Crippen LogP) is 5.10. The van der Waals surface area contributed by atoms with Gasteiger partial charge in [0.2, 0.25) is 0 Å². The van der Waals surface area contributed by atoms with Crippen LogP contribution in [0.3, 0.4) is 0 Å². The first-order chi connectivity index (χ1) is 13.3. The number of hydrogen-bond acceptors (Lipinski definition) is 3. The molecule has 3 heteroatoms. The molecule has 0 saturated heterocycles. The summed E-state index contributed by atoms with van der Waals surface area (Å²) in [6.45, 7) is 2.09. The molecule has 3 aromatic rings. The maximum absolute atomic E-state index is 5.36. The monoisotopic (exact) mass is 354 g/mol. The Kier molecular flexibility index (Phi) is 4.86. The number of allylic oxidation sites excluding steroid dienone is 1. The second kappa shape index (κ2) is 7.60. The minimum Gasteiger partial charge on any atom is -0.280 e. The molecule has 3 aromatic carbocycles. The molecule has 1 heterocycles. The zero-order valence-electron chi connectivity index (χ0n) is 15.5. The van der Waals surface area contributed by atoms with Crippen molar-refractivity contribution in [2.45, 2.75) is 13.0 Å². The summed E-state index contributed by atoms with van der Waals surface area (Å²) < 4.78 is 0. The molecule has 3 nitrogen and oxygen atoms in total. The van der Waals surface area contributed by atoms with Crippen molar-refractivity contribution in [2.75, 3.05) is 7.11 Å². The van der Waals surface area contributed by atoms with Crippen LogP contribution in [0.1, 0.15) is 28.3 Å². The van der Waals surface area contributed by atoms with E-state index in [1.54, 1.807) is 7.11 Å². The Hall–Kier alpha value is -3.17. The molecule has 0 saturated carbocycles. The lowest BCUT2D eigenvalue weighted by Crippen LogP contribution is -2.17. The largest absolute Gasteiger partial charge is 0.280 e. The molecular weight excluding hydrogens is 332 g/mol. The van der Waals surface area contributed by atoms with Crippen LogP contribution in [0.5, 0.6) is 0 Å². The van der Waals surface area contributed by atoms with Gasteiger partial charge < -0.3 is 0 Å². The minimum atomic E-state index is -0.129. The number of nitrogens with one attached hydrogen (secondary N) is 1. The lowest BCUT2D eigenvalue weighted by Gasteiger charge is -2.16. The van der Waals surface area contributed by atoms with Crippen molar-refractivity contribution in [1.82, 2.24) is 5.48 Å². The van der Waals surface area contributed by atoms with Crippen LogP contribution in [0.4, 0.5) is 0 Å². The summed E-state index contributed by atoms with van der Waals surface area (Å²) in [5.41, 5.74) is 10.7. The van der Waals surface area contributed by atoms with Gasteiger partial charge in [0.1, 0.15) is 6.04 Å². The van der Waals surface area contributed by atoms with Gasteiger partial charge in [-0.15, -0.1) is 0 Å². The molecule has 1 unspecified atom stereocenters. The fourth-order valence-electron chi connectivity index (χ4n) is 3.44. The van der Waals surface area contributed by atoms with E-state index in [9.17, 15) is 0 Å². The smallest absolute Gasteiger partial charge is 0.118 e. The van der Waals surface area contributed by atoms with Gasteiger partial charge in [-0.05, 0) is 18.1 Å². The Morgan fingerprint density at radius 1 is 0.778 bits per heavy atom. The van der Waals surface area contributed by atoms with E-state index in [0.29, 0.717) is 0 Å². The van der Waals surface area contributed by atoms with Crippen LogP contribution >= 0.6 is 0 Å². The quantitative estimate of drug-likeness (QED) is 0.647. The molecule has 27 heavy (non-hydrogen) atoms. The van der Waals surface area contributed by atoms with E-state index in [1.807, 2.05) is 24.3 Å².